The number of nitrogens with zero attached hydrogens (tertiary/aromatic N) is 1. The number of esters is 1. The first-order chi connectivity index (χ1) is 14.2. The van der Waals surface area contributed by atoms with Crippen molar-refractivity contribution in [2.45, 2.75) is 25.7 Å². The molecule has 0 unspecified atom stereocenters. The molecule has 0 bridgehead atoms. The lowest BCUT2D eigenvalue weighted by Gasteiger charge is -2.18. The van der Waals surface area contributed by atoms with Crippen molar-refractivity contribution in [3.63, 3.8) is 0 Å². The minimum Gasteiger partial charge on any atom is -0.456 e. The van der Waals surface area contributed by atoms with E-state index in [1.807, 2.05) is 6.92 Å². The lowest BCUT2D eigenvalue weighted by atomic mass is 10.2. The summed E-state index contributed by atoms with van der Waals surface area (Å²) in [7, 11) is -3.61. The quantitative estimate of drug-likeness (QED) is 0.437. The number of ketones is 1. The Morgan fingerprint density at radius 1 is 1.03 bits per heavy atom. The number of hydrogen-bond acceptors (Lipinski definition) is 7. The molecule has 0 radical (unpaired) electrons. The molecule has 2 aromatic rings. The normalized spacial score (nSPS) is 11.3. The van der Waals surface area contributed by atoms with Crippen LogP contribution in [-0.4, -0.2) is 56.6 Å². The van der Waals surface area contributed by atoms with Gasteiger partial charge in [0.25, 0.3) is 5.91 Å². The number of amides is 1. The Hall–Kier alpha value is -2.56. The summed E-state index contributed by atoms with van der Waals surface area (Å²) in [5.41, 5.74) is 0.200. The molecule has 0 atom stereocenters. The Bertz CT molecular complexity index is 1010. The van der Waals surface area contributed by atoms with Gasteiger partial charge in [-0.2, -0.15) is 4.31 Å². The molecular formula is C20H24N2O6S2. The first kappa shape index (κ1) is 23.7. The maximum Gasteiger partial charge on any atom is 0.325 e. The largest absolute Gasteiger partial charge is 0.456 e. The summed E-state index contributed by atoms with van der Waals surface area (Å²) in [6.45, 7) is 5.25. The number of thiophene rings is 1. The standard InChI is InChI=1S/C20H24N2O6S2/c1-4-22(5-2)30(26,27)16-9-7-15(8-10-16)20(25)21-12-19(24)28-13-17(23)18-11-6-14(3)29-18/h6-11H,4-5,12-13H2,1-3H3,(H,21,25). The van der Waals surface area contributed by atoms with Crippen LogP contribution in [0.3, 0.4) is 0 Å². The van der Waals surface area contributed by atoms with Gasteiger partial charge in [-0.1, -0.05) is 13.8 Å². The number of Topliss-reactive ketones (excluding diaryl/α,β-unsaturated/α-hetero) is 1. The van der Waals surface area contributed by atoms with Gasteiger partial charge >= 0.3 is 5.97 Å². The number of carbonyl (C=O) groups is 3. The van der Waals surface area contributed by atoms with Gasteiger partial charge < -0.3 is 10.1 Å². The van der Waals surface area contributed by atoms with Crippen LogP contribution >= 0.6 is 11.3 Å². The number of benzene rings is 1. The fraction of sp³-hybridized carbons (Fsp3) is 0.350. The Morgan fingerprint density at radius 2 is 1.67 bits per heavy atom. The van der Waals surface area contributed by atoms with Gasteiger partial charge in [0.1, 0.15) is 6.54 Å². The van der Waals surface area contributed by atoms with E-state index in [-0.39, 0.29) is 16.2 Å². The molecule has 0 saturated carbocycles. The van der Waals surface area contributed by atoms with Crippen molar-refractivity contribution in [2.75, 3.05) is 26.2 Å². The molecule has 0 aliphatic carbocycles. The van der Waals surface area contributed by atoms with Crippen LogP contribution in [0.1, 0.15) is 38.8 Å². The monoisotopic (exact) mass is 452 g/mol. The van der Waals surface area contributed by atoms with Gasteiger partial charge in [-0.25, -0.2) is 8.42 Å². The maximum atomic E-state index is 12.5. The summed E-state index contributed by atoms with van der Waals surface area (Å²) in [4.78, 5) is 37.4. The predicted molar refractivity (Wildman–Crippen MR) is 113 cm³/mol. The molecule has 30 heavy (non-hydrogen) atoms. The third kappa shape index (κ3) is 5.97. The first-order valence-electron chi connectivity index (χ1n) is 9.32. The molecule has 1 aromatic heterocycles. The third-order valence-electron chi connectivity index (χ3n) is 4.23. The summed E-state index contributed by atoms with van der Waals surface area (Å²) in [5, 5.41) is 2.39. The van der Waals surface area contributed by atoms with E-state index in [4.69, 9.17) is 4.74 Å². The van der Waals surface area contributed by atoms with Crippen LogP contribution in [-0.2, 0) is 19.6 Å². The maximum absolute atomic E-state index is 12.5. The van der Waals surface area contributed by atoms with Gasteiger partial charge in [-0.05, 0) is 43.3 Å². The zero-order valence-electron chi connectivity index (χ0n) is 17.0. The van der Waals surface area contributed by atoms with Crippen LogP contribution in [0.5, 0.6) is 0 Å². The van der Waals surface area contributed by atoms with Gasteiger partial charge in [0.05, 0.1) is 9.77 Å². The average Bonchev–Trinajstić information content (AvgIpc) is 3.17. The zero-order chi connectivity index (χ0) is 22.3. The summed E-state index contributed by atoms with van der Waals surface area (Å²) in [5.74, 6) is -1.61. The molecule has 1 amide bonds. The summed E-state index contributed by atoms with van der Waals surface area (Å²) in [6.07, 6.45) is 0. The van der Waals surface area contributed by atoms with Crippen LogP contribution in [0.2, 0.25) is 0 Å². The highest BCUT2D eigenvalue weighted by Gasteiger charge is 2.21. The van der Waals surface area contributed by atoms with Gasteiger partial charge in [0.15, 0.2) is 6.61 Å². The second kappa shape index (κ2) is 10.5. The first-order valence-corrected chi connectivity index (χ1v) is 11.6. The van der Waals surface area contributed by atoms with E-state index in [9.17, 15) is 22.8 Å². The lowest BCUT2D eigenvalue weighted by Crippen LogP contribution is -2.32. The summed E-state index contributed by atoms with van der Waals surface area (Å²) >= 11 is 1.31. The fourth-order valence-electron chi connectivity index (χ4n) is 2.60. The molecule has 0 fully saturated rings. The van der Waals surface area contributed by atoms with E-state index in [0.29, 0.717) is 18.0 Å². The topological polar surface area (TPSA) is 110 Å². The number of carbonyl (C=O) groups excluding carboxylic acids is 3. The van der Waals surface area contributed by atoms with E-state index >= 15 is 0 Å². The van der Waals surface area contributed by atoms with E-state index in [0.717, 1.165) is 4.88 Å². The number of sulfonamides is 1. The highest BCUT2D eigenvalue weighted by atomic mass is 32.2. The molecule has 1 heterocycles. The second-order valence-electron chi connectivity index (χ2n) is 6.29. The van der Waals surface area contributed by atoms with Crippen LogP contribution in [0, 0.1) is 6.92 Å². The molecule has 0 spiro atoms. The van der Waals surface area contributed by atoms with Crippen molar-refractivity contribution >= 4 is 39.0 Å². The lowest BCUT2D eigenvalue weighted by molar-refractivity contribution is -0.141. The van der Waals surface area contributed by atoms with Crippen LogP contribution in [0.25, 0.3) is 0 Å². The van der Waals surface area contributed by atoms with Crippen LogP contribution < -0.4 is 5.32 Å². The van der Waals surface area contributed by atoms with E-state index in [2.05, 4.69) is 5.32 Å². The SMILES string of the molecule is CCN(CC)S(=O)(=O)c1ccc(C(=O)NCC(=O)OCC(=O)c2ccc(C)s2)cc1. The van der Waals surface area contributed by atoms with Gasteiger partial charge in [-0.3, -0.25) is 14.4 Å². The Labute approximate surface area is 179 Å². The number of aryl methyl sites for hydroxylation is 1. The Morgan fingerprint density at radius 3 is 2.20 bits per heavy atom. The van der Waals surface area contributed by atoms with Gasteiger partial charge in [0, 0.05) is 23.5 Å². The van der Waals surface area contributed by atoms with Crippen molar-refractivity contribution < 1.29 is 27.5 Å². The molecule has 2 rings (SSSR count). The number of nitrogens with one attached hydrogen (secondary N) is 1. The molecular weight excluding hydrogens is 428 g/mol. The van der Waals surface area contributed by atoms with Crippen molar-refractivity contribution in [3.05, 3.63) is 51.7 Å². The molecule has 10 heteroatoms. The highest BCUT2D eigenvalue weighted by Crippen LogP contribution is 2.17. The summed E-state index contributed by atoms with van der Waals surface area (Å²) in [6, 6.07) is 8.92. The Balaban J connectivity index is 1.87. The molecule has 162 valence electrons. The molecule has 1 aromatic carbocycles. The fourth-order valence-corrected chi connectivity index (χ4v) is 4.85. The second-order valence-corrected chi connectivity index (χ2v) is 9.52. The van der Waals surface area contributed by atoms with Gasteiger partial charge in [0.2, 0.25) is 15.8 Å². The minimum absolute atomic E-state index is 0.0875. The number of ether oxygens (including phenoxy) is 1. The van der Waals surface area contributed by atoms with Crippen molar-refractivity contribution in [3.8, 4) is 0 Å². The smallest absolute Gasteiger partial charge is 0.325 e. The molecule has 8 nitrogen and oxygen atoms in total. The van der Waals surface area contributed by atoms with Gasteiger partial charge in [-0.15, -0.1) is 11.3 Å². The van der Waals surface area contributed by atoms with Crippen molar-refractivity contribution in [1.82, 2.24) is 9.62 Å². The molecule has 0 aliphatic rings. The van der Waals surface area contributed by atoms with E-state index in [1.54, 1.807) is 26.0 Å². The van der Waals surface area contributed by atoms with Crippen molar-refractivity contribution in [1.29, 1.82) is 0 Å². The number of rotatable bonds is 10. The van der Waals surface area contributed by atoms with E-state index < -0.39 is 35.1 Å². The highest BCUT2D eigenvalue weighted by molar-refractivity contribution is 7.89. The predicted octanol–water partition coefficient (Wildman–Crippen LogP) is 2.24. The molecule has 0 aliphatic heterocycles. The Kier molecular flexibility index (Phi) is 8.27. The van der Waals surface area contributed by atoms with Crippen LogP contribution in [0.4, 0.5) is 0 Å². The summed E-state index contributed by atoms with van der Waals surface area (Å²) < 4.78 is 31.1. The zero-order valence-corrected chi connectivity index (χ0v) is 18.6. The molecule has 0 saturated heterocycles. The van der Waals surface area contributed by atoms with E-state index in [1.165, 1.54) is 39.9 Å². The minimum atomic E-state index is -3.61. The average molecular weight is 453 g/mol. The van der Waals surface area contributed by atoms with Crippen LogP contribution in [0.15, 0.2) is 41.3 Å². The molecule has 1 N–H and O–H groups in total. The third-order valence-corrected chi connectivity index (χ3v) is 7.34. The number of hydrogen-bond donors (Lipinski definition) is 1. The van der Waals surface area contributed by atoms with Crippen molar-refractivity contribution in [2.24, 2.45) is 0 Å².